The minimum atomic E-state index is 0. The molecule has 1 aromatic carbocycles. The number of benzene rings is 1. The van der Waals surface area contributed by atoms with Crippen LogP contribution in [0.15, 0.2) is 29.3 Å². The highest BCUT2D eigenvalue weighted by molar-refractivity contribution is 14.0. The summed E-state index contributed by atoms with van der Waals surface area (Å²) in [5.41, 5.74) is 2.61. The van der Waals surface area contributed by atoms with Gasteiger partial charge in [-0.15, -0.1) is 24.0 Å². The van der Waals surface area contributed by atoms with Gasteiger partial charge >= 0.3 is 0 Å². The molecule has 6 nitrogen and oxygen atoms in total. The van der Waals surface area contributed by atoms with E-state index in [-0.39, 0.29) is 24.0 Å². The fourth-order valence-corrected chi connectivity index (χ4v) is 2.87. The van der Waals surface area contributed by atoms with Crippen molar-refractivity contribution in [3.63, 3.8) is 0 Å². The number of guanidine groups is 1. The van der Waals surface area contributed by atoms with E-state index in [0.717, 1.165) is 58.4 Å². The average Bonchev–Trinajstić information content (AvgIpc) is 2.61. The summed E-state index contributed by atoms with van der Waals surface area (Å²) in [6.45, 7) is 10.2. The molecule has 0 unspecified atom stereocenters. The molecular weight excluding hydrogens is 441 g/mol. The molecule has 26 heavy (non-hydrogen) atoms. The lowest BCUT2D eigenvalue weighted by Gasteiger charge is -2.26. The van der Waals surface area contributed by atoms with Gasteiger partial charge in [-0.3, -0.25) is 4.90 Å². The van der Waals surface area contributed by atoms with E-state index in [0.29, 0.717) is 6.54 Å². The molecule has 1 aliphatic rings. The van der Waals surface area contributed by atoms with Gasteiger partial charge in [-0.2, -0.15) is 0 Å². The first kappa shape index (κ1) is 23.1. The number of ether oxygens (including phenoxy) is 1. The Labute approximate surface area is 175 Å². The number of hydrogen-bond donors (Lipinski definition) is 2. The lowest BCUT2D eigenvalue weighted by atomic mass is 10.1. The standard InChI is InChI=1S/C19H33N5O.HI/c1-4-20-19(21-9-10-24-11-13-25-14-12-24)22-15-17-7-5-6-8-18(17)16-23(2)3;/h5-8H,4,9-16H2,1-3H3,(H2,20,21,22);1H. The molecule has 1 fully saturated rings. The Bertz CT molecular complexity index is 532. The smallest absolute Gasteiger partial charge is 0.191 e. The zero-order chi connectivity index (χ0) is 17.9. The molecule has 0 bridgehead atoms. The van der Waals surface area contributed by atoms with Crippen LogP contribution in [0.1, 0.15) is 18.1 Å². The van der Waals surface area contributed by atoms with E-state index in [1.165, 1.54) is 11.1 Å². The van der Waals surface area contributed by atoms with Crippen LogP contribution in [0.3, 0.4) is 0 Å². The van der Waals surface area contributed by atoms with Gasteiger partial charge in [0.25, 0.3) is 0 Å². The number of aliphatic imine (C=N–C) groups is 1. The number of nitrogens with one attached hydrogen (secondary N) is 2. The Kier molecular flexibility index (Phi) is 11.8. The summed E-state index contributed by atoms with van der Waals surface area (Å²) in [6, 6.07) is 8.53. The maximum atomic E-state index is 5.39. The van der Waals surface area contributed by atoms with Crippen molar-refractivity contribution < 1.29 is 4.74 Å². The van der Waals surface area contributed by atoms with Gasteiger partial charge in [-0.25, -0.2) is 4.99 Å². The minimum Gasteiger partial charge on any atom is -0.379 e. The van der Waals surface area contributed by atoms with Gasteiger partial charge in [0, 0.05) is 39.3 Å². The van der Waals surface area contributed by atoms with Crippen LogP contribution in [0, 0.1) is 0 Å². The first-order chi connectivity index (χ1) is 12.2. The van der Waals surface area contributed by atoms with Crippen molar-refractivity contribution in [2.45, 2.75) is 20.0 Å². The second-order valence-corrected chi connectivity index (χ2v) is 6.58. The van der Waals surface area contributed by atoms with E-state index in [9.17, 15) is 0 Å². The van der Waals surface area contributed by atoms with Crippen LogP contribution in [0.5, 0.6) is 0 Å². The summed E-state index contributed by atoms with van der Waals surface area (Å²) in [4.78, 5) is 9.38. The van der Waals surface area contributed by atoms with E-state index >= 15 is 0 Å². The molecular formula is C19H34IN5O. The third kappa shape index (κ3) is 8.66. The first-order valence-electron chi connectivity index (χ1n) is 9.23. The highest BCUT2D eigenvalue weighted by atomic mass is 127. The monoisotopic (exact) mass is 475 g/mol. The molecule has 148 valence electrons. The predicted octanol–water partition coefficient (Wildman–Crippen LogP) is 1.75. The second kappa shape index (κ2) is 13.3. The van der Waals surface area contributed by atoms with Gasteiger partial charge in [0.2, 0.25) is 0 Å². The fraction of sp³-hybridized carbons (Fsp3) is 0.632. The molecule has 0 atom stereocenters. The molecule has 1 aliphatic heterocycles. The van der Waals surface area contributed by atoms with E-state index in [1.54, 1.807) is 0 Å². The van der Waals surface area contributed by atoms with Crippen LogP contribution in [-0.2, 0) is 17.8 Å². The van der Waals surface area contributed by atoms with Crippen molar-refractivity contribution >= 4 is 29.9 Å². The van der Waals surface area contributed by atoms with Gasteiger partial charge < -0.3 is 20.3 Å². The average molecular weight is 475 g/mol. The van der Waals surface area contributed by atoms with Crippen molar-refractivity contribution in [3.8, 4) is 0 Å². The zero-order valence-electron chi connectivity index (χ0n) is 16.3. The first-order valence-corrected chi connectivity index (χ1v) is 9.23. The van der Waals surface area contributed by atoms with Crippen molar-refractivity contribution in [1.29, 1.82) is 0 Å². The lowest BCUT2D eigenvalue weighted by Crippen LogP contribution is -2.44. The summed E-state index contributed by atoms with van der Waals surface area (Å²) in [5, 5.41) is 6.78. The zero-order valence-corrected chi connectivity index (χ0v) is 18.7. The molecule has 2 N–H and O–H groups in total. The van der Waals surface area contributed by atoms with Gasteiger partial charge in [0.15, 0.2) is 5.96 Å². The van der Waals surface area contributed by atoms with Gasteiger partial charge in [0.05, 0.1) is 19.8 Å². The highest BCUT2D eigenvalue weighted by Gasteiger charge is 2.09. The van der Waals surface area contributed by atoms with Crippen LogP contribution in [-0.4, -0.2) is 75.8 Å². The molecule has 1 saturated heterocycles. The van der Waals surface area contributed by atoms with Crippen molar-refractivity contribution in [2.75, 3.05) is 60.0 Å². The van der Waals surface area contributed by atoms with Gasteiger partial charge in [-0.1, -0.05) is 24.3 Å². The van der Waals surface area contributed by atoms with Crippen molar-refractivity contribution in [2.24, 2.45) is 4.99 Å². The highest BCUT2D eigenvalue weighted by Crippen LogP contribution is 2.11. The molecule has 2 rings (SSSR count). The topological polar surface area (TPSA) is 52.1 Å². The number of hydrogen-bond acceptors (Lipinski definition) is 4. The molecule has 0 spiro atoms. The van der Waals surface area contributed by atoms with Crippen LogP contribution in [0.25, 0.3) is 0 Å². The summed E-state index contributed by atoms with van der Waals surface area (Å²) in [5.74, 6) is 0.885. The van der Waals surface area contributed by atoms with Gasteiger partial charge in [0.1, 0.15) is 0 Å². The summed E-state index contributed by atoms with van der Waals surface area (Å²) in [7, 11) is 4.19. The molecule has 7 heteroatoms. The van der Waals surface area contributed by atoms with E-state index < -0.39 is 0 Å². The van der Waals surface area contributed by atoms with Crippen molar-refractivity contribution in [3.05, 3.63) is 35.4 Å². The van der Waals surface area contributed by atoms with E-state index in [1.807, 2.05) is 0 Å². The van der Waals surface area contributed by atoms with Crippen LogP contribution < -0.4 is 10.6 Å². The molecule has 0 radical (unpaired) electrons. The van der Waals surface area contributed by atoms with Crippen LogP contribution in [0.4, 0.5) is 0 Å². The Balaban J connectivity index is 0.00000338. The molecule has 1 aromatic rings. The Hall–Kier alpha value is -0.900. The van der Waals surface area contributed by atoms with Crippen LogP contribution in [0.2, 0.25) is 0 Å². The quantitative estimate of drug-likeness (QED) is 0.341. The maximum absolute atomic E-state index is 5.39. The molecule has 0 amide bonds. The summed E-state index contributed by atoms with van der Waals surface area (Å²) >= 11 is 0. The molecule has 1 heterocycles. The van der Waals surface area contributed by atoms with E-state index in [2.05, 4.69) is 65.7 Å². The Morgan fingerprint density at radius 3 is 2.50 bits per heavy atom. The molecule has 0 saturated carbocycles. The number of rotatable bonds is 8. The number of nitrogens with zero attached hydrogens (tertiary/aromatic N) is 3. The maximum Gasteiger partial charge on any atom is 0.191 e. The SMILES string of the molecule is CCNC(=NCc1ccccc1CN(C)C)NCCN1CCOCC1.I. The number of halogens is 1. The summed E-state index contributed by atoms with van der Waals surface area (Å²) in [6.07, 6.45) is 0. The molecule has 0 aromatic heterocycles. The number of morpholine rings is 1. The fourth-order valence-electron chi connectivity index (χ4n) is 2.87. The van der Waals surface area contributed by atoms with Crippen molar-refractivity contribution in [1.82, 2.24) is 20.4 Å². The van der Waals surface area contributed by atoms with Gasteiger partial charge in [-0.05, 0) is 32.1 Å². The Morgan fingerprint density at radius 2 is 1.85 bits per heavy atom. The largest absolute Gasteiger partial charge is 0.379 e. The molecule has 0 aliphatic carbocycles. The van der Waals surface area contributed by atoms with Crippen LogP contribution >= 0.6 is 24.0 Å². The van der Waals surface area contributed by atoms with E-state index in [4.69, 9.17) is 9.73 Å². The summed E-state index contributed by atoms with van der Waals surface area (Å²) < 4.78 is 5.39. The third-order valence-electron chi connectivity index (χ3n) is 4.18. The normalized spacial score (nSPS) is 15.6. The third-order valence-corrected chi connectivity index (χ3v) is 4.18. The predicted molar refractivity (Wildman–Crippen MR) is 119 cm³/mol. The minimum absolute atomic E-state index is 0. The Morgan fingerprint density at radius 1 is 1.15 bits per heavy atom. The second-order valence-electron chi connectivity index (χ2n) is 6.58. The lowest BCUT2D eigenvalue weighted by molar-refractivity contribution is 0.0389.